The molecule has 0 amide bonds. The van der Waals surface area contributed by atoms with Crippen LogP contribution in [-0.4, -0.2) is 37.2 Å². The summed E-state index contributed by atoms with van der Waals surface area (Å²) in [6, 6.07) is 0. The van der Waals surface area contributed by atoms with Crippen molar-refractivity contribution in [2.75, 3.05) is 13.2 Å². The van der Waals surface area contributed by atoms with Crippen LogP contribution in [0, 0.1) is 0 Å². The molecular weight excluding hydrogens is 817 g/mol. The third-order valence-corrected chi connectivity index (χ3v) is 12.6. The second kappa shape index (κ2) is 55.0. The van der Waals surface area contributed by atoms with Crippen molar-refractivity contribution in [1.82, 2.24) is 0 Å². The van der Waals surface area contributed by atoms with Gasteiger partial charge in [-0.3, -0.25) is 14.4 Å². The molecule has 0 aliphatic carbocycles. The van der Waals surface area contributed by atoms with Crippen molar-refractivity contribution in [2.45, 2.75) is 303 Å². The molecule has 6 heteroatoms. The van der Waals surface area contributed by atoms with Gasteiger partial charge in [0.15, 0.2) is 6.10 Å². The van der Waals surface area contributed by atoms with E-state index in [4.69, 9.17) is 14.2 Å². The summed E-state index contributed by atoms with van der Waals surface area (Å²) in [6.07, 6.45) is 66.7. The van der Waals surface area contributed by atoms with Gasteiger partial charge in [-0.2, -0.15) is 0 Å². The number of ether oxygens (including phenoxy) is 3. The second-order valence-electron chi connectivity index (χ2n) is 19.2. The van der Waals surface area contributed by atoms with E-state index in [2.05, 4.69) is 69.4 Å². The maximum atomic E-state index is 12.9. The minimum atomic E-state index is -0.779. The predicted molar refractivity (Wildman–Crippen MR) is 284 cm³/mol. The van der Waals surface area contributed by atoms with E-state index in [1.165, 1.54) is 161 Å². The zero-order valence-corrected chi connectivity index (χ0v) is 44.0. The van der Waals surface area contributed by atoms with Gasteiger partial charge in [0, 0.05) is 19.3 Å². The van der Waals surface area contributed by atoms with E-state index in [1.807, 2.05) is 0 Å². The van der Waals surface area contributed by atoms with Crippen LogP contribution in [0.2, 0.25) is 0 Å². The first-order valence-electron chi connectivity index (χ1n) is 28.6. The Balaban J connectivity index is 4.38. The number of rotatable bonds is 52. The fourth-order valence-electron chi connectivity index (χ4n) is 8.32. The molecule has 0 radical (unpaired) electrons. The van der Waals surface area contributed by atoms with Gasteiger partial charge in [0.2, 0.25) is 0 Å². The molecule has 0 rings (SSSR count). The molecule has 0 saturated carbocycles. The molecule has 0 spiro atoms. The molecule has 0 N–H and O–H groups in total. The summed E-state index contributed by atoms with van der Waals surface area (Å²) in [5, 5.41) is 0. The third-order valence-electron chi connectivity index (χ3n) is 12.6. The van der Waals surface area contributed by atoms with Crippen LogP contribution in [0.4, 0.5) is 0 Å². The number of carbonyl (C=O) groups excluding carboxylic acids is 3. The Morgan fingerprint density at radius 3 is 0.924 bits per heavy atom. The van der Waals surface area contributed by atoms with Gasteiger partial charge < -0.3 is 14.2 Å². The van der Waals surface area contributed by atoms with Crippen LogP contribution in [0.5, 0.6) is 0 Å². The van der Waals surface area contributed by atoms with Crippen molar-refractivity contribution in [1.29, 1.82) is 0 Å². The molecule has 0 fully saturated rings. The molecule has 0 saturated heterocycles. The molecule has 0 bridgehead atoms. The van der Waals surface area contributed by atoms with Crippen molar-refractivity contribution in [3.63, 3.8) is 0 Å². The number of hydrogen-bond acceptors (Lipinski definition) is 6. The molecule has 384 valence electrons. The van der Waals surface area contributed by atoms with Crippen LogP contribution >= 0.6 is 0 Å². The van der Waals surface area contributed by atoms with Crippen molar-refractivity contribution in [2.24, 2.45) is 0 Å². The summed E-state index contributed by atoms with van der Waals surface area (Å²) >= 11 is 0. The second-order valence-corrected chi connectivity index (χ2v) is 19.2. The number of esters is 3. The smallest absolute Gasteiger partial charge is 0.306 e. The van der Waals surface area contributed by atoms with Crippen LogP contribution in [-0.2, 0) is 28.6 Å². The maximum absolute atomic E-state index is 12.9. The maximum Gasteiger partial charge on any atom is 0.306 e. The molecular formula is C60H108O6. The van der Waals surface area contributed by atoms with E-state index < -0.39 is 6.10 Å². The van der Waals surface area contributed by atoms with Gasteiger partial charge in [-0.15, -0.1) is 0 Å². The molecule has 6 nitrogen and oxygen atoms in total. The number of carbonyl (C=O) groups is 3. The van der Waals surface area contributed by atoms with Gasteiger partial charge in [-0.1, -0.05) is 268 Å². The summed E-state index contributed by atoms with van der Waals surface area (Å²) in [5.41, 5.74) is 0. The van der Waals surface area contributed by atoms with Crippen LogP contribution in [0.25, 0.3) is 0 Å². The van der Waals surface area contributed by atoms with Crippen LogP contribution in [0.3, 0.4) is 0 Å². The van der Waals surface area contributed by atoms with E-state index in [9.17, 15) is 14.4 Å². The van der Waals surface area contributed by atoms with Crippen molar-refractivity contribution in [3.8, 4) is 0 Å². The zero-order valence-electron chi connectivity index (χ0n) is 44.0. The van der Waals surface area contributed by atoms with Gasteiger partial charge in [0.05, 0.1) is 0 Å². The predicted octanol–water partition coefficient (Wildman–Crippen LogP) is 19.0. The number of allylic oxidation sites excluding steroid dienone is 8. The first kappa shape index (κ1) is 63.4. The number of unbranched alkanes of at least 4 members (excludes halogenated alkanes) is 33. The van der Waals surface area contributed by atoms with E-state index in [1.54, 1.807) is 0 Å². The Kier molecular flexibility index (Phi) is 52.8. The molecule has 0 aliphatic rings. The van der Waals surface area contributed by atoms with E-state index in [-0.39, 0.29) is 31.1 Å². The lowest BCUT2D eigenvalue weighted by atomic mass is 10.0. The minimum absolute atomic E-state index is 0.0766. The van der Waals surface area contributed by atoms with Gasteiger partial charge in [-0.05, 0) is 57.8 Å². The number of hydrogen-bond donors (Lipinski definition) is 0. The molecule has 66 heavy (non-hydrogen) atoms. The van der Waals surface area contributed by atoms with E-state index in [0.29, 0.717) is 19.3 Å². The van der Waals surface area contributed by atoms with Gasteiger partial charge in [-0.25, -0.2) is 0 Å². The normalized spacial score (nSPS) is 12.3. The molecule has 1 atom stereocenters. The summed E-state index contributed by atoms with van der Waals surface area (Å²) < 4.78 is 16.9. The van der Waals surface area contributed by atoms with Gasteiger partial charge in [0.1, 0.15) is 13.2 Å². The SMILES string of the molecule is CC/C=C\C/C=C\C/C=C\C/C=C\CCCCCCC(=O)OCC(COC(=O)CCCCCCCCCCCCCCCC)OC(=O)CCCCCCCCCCCCCCCCCCC. The first-order valence-corrected chi connectivity index (χ1v) is 28.6. The fraction of sp³-hybridized carbons (Fsp3) is 0.817. The Bertz CT molecular complexity index is 1150. The topological polar surface area (TPSA) is 78.9 Å². The molecule has 0 aromatic rings. The average molecular weight is 926 g/mol. The lowest BCUT2D eigenvalue weighted by Gasteiger charge is -2.18. The fourth-order valence-corrected chi connectivity index (χ4v) is 8.32. The lowest BCUT2D eigenvalue weighted by molar-refractivity contribution is -0.167. The molecule has 0 aliphatic heterocycles. The minimum Gasteiger partial charge on any atom is -0.462 e. The largest absolute Gasteiger partial charge is 0.462 e. The molecule has 1 unspecified atom stereocenters. The molecule has 0 heterocycles. The standard InChI is InChI=1S/C60H108O6/c1-4-7-10-13-16-19-22-25-28-30-32-35-38-41-44-47-50-53-59(62)65-56-57(55-64-58(61)52-49-46-43-40-37-34-27-24-21-18-15-12-9-6-3)66-60(63)54-51-48-45-42-39-36-33-31-29-26-23-20-17-14-11-8-5-2/h7,10,16,19,25,28,32,35,57H,4-6,8-9,11-15,17-18,20-24,26-27,29-31,33-34,36-56H2,1-3H3/b10-7-,19-16-,28-25-,35-32-. The first-order chi connectivity index (χ1) is 32.5. The van der Waals surface area contributed by atoms with E-state index >= 15 is 0 Å². The van der Waals surface area contributed by atoms with E-state index in [0.717, 1.165) is 96.3 Å². The van der Waals surface area contributed by atoms with Crippen molar-refractivity contribution >= 4 is 17.9 Å². The zero-order chi connectivity index (χ0) is 47.9. The van der Waals surface area contributed by atoms with Gasteiger partial charge in [0.25, 0.3) is 0 Å². The molecule has 0 aromatic heterocycles. The summed E-state index contributed by atoms with van der Waals surface area (Å²) in [6.45, 7) is 6.55. The van der Waals surface area contributed by atoms with Crippen LogP contribution < -0.4 is 0 Å². The average Bonchev–Trinajstić information content (AvgIpc) is 3.31. The Labute approximate surface area is 409 Å². The van der Waals surface area contributed by atoms with Crippen molar-refractivity contribution in [3.05, 3.63) is 48.6 Å². The highest BCUT2D eigenvalue weighted by atomic mass is 16.6. The highest BCUT2D eigenvalue weighted by Gasteiger charge is 2.19. The highest BCUT2D eigenvalue weighted by Crippen LogP contribution is 2.17. The van der Waals surface area contributed by atoms with Crippen LogP contribution in [0.1, 0.15) is 297 Å². The summed E-state index contributed by atoms with van der Waals surface area (Å²) in [7, 11) is 0. The Morgan fingerprint density at radius 2 is 0.591 bits per heavy atom. The quantitative estimate of drug-likeness (QED) is 0.0262. The van der Waals surface area contributed by atoms with Crippen molar-refractivity contribution < 1.29 is 28.6 Å². The van der Waals surface area contributed by atoms with Gasteiger partial charge >= 0.3 is 17.9 Å². The Hall–Kier alpha value is -2.63. The third kappa shape index (κ3) is 52.3. The van der Waals surface area contributed by atoms with Crippen LogP contribution in [0.15, 0.2) is 48.6 Å². The summed E-state index contributed by atoms with van der Waals surface area (Å²) in [5.74, 6) is -0.884. The molecule has 0 aromatic carbocycles. The monoisotopic (exact) mass is 925 g/mol. The highest BCUT2D eigenvalue weighted by molar-refractivity contribution is 5.71. The summed E-state index contributed by atoms with van der Waals surface area (Å²) in [4.78, 5) is 38.1. The Morgan fingerprint density at radius 1 is 0.318 bits per heavy atom. The lowest BCUT2D eigenvalue weighted by Crippen LogP contribution is -2.30.